The van der Waals surface area contributed by atoms with Crippen molar-refractivity contribution in [2.45, 2.75) is 63.7 Å². The largest absolute Gasteiger partial charge is 0.329 e. The quantitative estimate of drug-likeness (QED) is 0.851. The third-order valence-electron chi connectivity index (χ3n) is 5.68. The second-order valence-electron chi connectivity index (χ2n) is 6.45. The van der Waals surface area contributed by atoms with Gasteiger partial charge in [0.05, 0.1) is 0 Å². The van der Waals surface area contributed by atoms with Crippen molar-refractivity contribution in [3.8, 4) is 0 Å². The Morgan fingerprint density at radius 3 is 2.22 bits per heavy atom. The fraction of sp³-hybridized carbons (Fsp3) is 1.00. The van der Waals surface area contributed by atoms with Crippen molar-refractivity contribution in [1.29, 1.82) is 0 Å². The first-order valence-corrected chi connectivity index (χ1v) is 8.71. The predicted octanol–water partition coefficient (Wildman–Crippen LogP) is 3.11. The summed E-state index contributed by atoms with van der Waals surface area (Å²) in [6, 6.07) is 0. The molecule has 0 aromatic carbocycles. The highest BCUT2D eigenvalue weighted by Gasteiger charge is 2.44. The Morgan fingerprint density at radius 1 is 1.22 bits per heavy atom. The Morgan fingerprint density at radius 2 is 1.83 bits per heavy atom. The number of nitrogens with zero attached hydrogens (tertiary/aromatic N) is 1. The topological polar surface area (TPSA) is 29.3 Å². The lowest BCUT2D eigenvalue weighted by molar-refractivity contribution is 0.0266. The van der Waals surface area contributed by atoms with E-state index in [2.05, 4.69) is 37.4 Å². The van der Waals surface area contributed by atoms with Crippen LogP contribution in [-0.4, -0.2) is 41.1 Å². The van der Waals surface area contributed by atoms with Gasteiger partial charge in [-0.15, -0.1) is 0 Å². The molecule has 2 nitrogen and oxygen atoms in total. The molecule has 2 unspecified atom stereocenters. The van der Waals surface area contributed by atoms with Crippen LogP contribution in [-0.2, 0) is 0 Å². The van der Waals surface area contributed by atoms with Crippen LogP contribution in [0.25, 0.3) is 0 Å². The molecule has 2 atom stereocenters. The molecule has 0 amide bonds. The zero-order valence-corrected chi connectivity index (χ0v) is 13.2. The lowest BCUT2D eigenvalue weighted by Crippen LogP contribution is -2.58. The van der Waals surface area contributed by atoms with Gasteiger partial charge < -0.3 is 5.73 Å². The van der Waals surface area contributed by atoms with E-state index in [9.17, 15) is 0 Å². The van der Waals surface area contributed by atoms with Gasteiger partial charge in [-0.05, 0) is 37.8 Å². The van der Waals surface area contributed by atoms with Crippen LogP contribution in [0.3, 0.4) is 0 Å². The summed E-state index contributed by atoms with van der Waals surface area (Å²) in [7, 11) is 0. The molecule has 0 aromatic rings. The third-order valence-corrected chi connectivity index (χ3v) is 7.12. The maximum Gasteiger partial charge on any atom is 0.0432 e. The van der Waals surface area contributed by atoms with Crippen LogP contribution in [0.2, 0.25) is 0 Å². The van der Waals surface area contributed by atoms with E-state index in [1.54, 1.807) is 0 Å². The molecule has 2 saturated heterocycles. The van der Waals surface area contributed by atoms with Gasteiger partial charge >= 0.3 is 0 Å². The first kappa shape index (κ1) is 14.7. The van der Waals surface area contributed by atoms with Crippen molar-refractivity contribution in [1.82, 2.24) is 4.90 Å². The Bertz CT molecular complexity index is 268. The van der Waals surface area contributed by atoms with E-state index in [-0.39, 0.29) is 0 Å². The first-order chi connectivity index (χ1) is 8.60. The summed E-state index contributed by atoms with van der Waals surface area (Å²) in [5.74, 6) is 1.25. The zero-order chi connectivity index (χ0) is 13.2. The average Bonchev–Trinajstić information content (AvgIpc) is 2.82. The molecule has 0 radical (unpaired) electrons. The van der Waals surface area contributed by atoms with Gasteiger partial charge in [0.1, 0.15) is 0 Å². The summed E-state index contributed by atoms with van der Waals surface area (Å²) >= 11 is 2.11. The van der Waals surface area contributed by atoms with E-state index < -0.39 is 0 Å². The number of likely N-dealkylation sites (tertiary alicyclic amines) is 1. The fourth-order valence-electron chi connectivity index (χ4n) is 3.85. The van der Waals surface area contributed by atoms with Gasteiger partial charge in [-0.1, -0.05) is 33.6 Å². The molecule has 0 spiro atoms. The lowest BCUT2D eigenvalue weighted by atomic mass is 9.73. The van der Waals surface area contributed by atoms with E-state index in [4.69, 9.17) is 5.73 Å². The number of hydrogen-bond acceptors (Lipinski definition) is 3. The maximum atomic E-state index is 6.14. The van der Waals surface area contributed by atoms with Crippen molar-refractivity contribution >= 4 is 11.8 Å². The number of piperidine rings is 1. The molecule has 106 valence electrons. The highest BCUT2D eigenvalue weighted by atomic mass is 32.2. The van der Waals surface area contributed by atoms with Crippen molar-refractivity contribution in [2.24, 2.45) is 11.1 Å². The molecular weight excluding hydrogens is 240 g/mol. The van der Waals surface area contributed by atoms with Crippen LogP contribution in [0.1, 0.15) is 52.9 Å². The molecule has 0 aliphatic carbocycles. The Labute approximate surface area is 117 Å². The summed E-state index contributed by atoms with van der Waals surface area (Å²) in [5, 5.41) is 0.789. The molecule has 0 bridgehead atoms. The van der Waals surface area contributed by atoms with E-state index in [1.165, 1.54) is 50.9 Å². The molecule has 2 heterocycles. The van der Waals surface area contributed by atoms with Gasteiger partial charge in [-0.3, -0.25) is 4.90 Å². The SMILES string of the molecule is CCC1(CC)CCN(C2(CN)CSC(C)C2)CC1. The van der Waals surface area contributed by atoms with Crippen molar-refractivity contribution in [3.63, 3.8) is 0 Å². The van der Waals surface area contributed by atoms with Gasteiger partial charge in [0, 0.05) is 23.1 Å². The van der Waals surface area contributed by atoms with Gasteiger partial charge in [0.25, 0.3) is 0 Å². The minimum absolute atomic E-state index is 0.317. The molecule has 2 rings (SSSR count). The molecule has 2 aliphatic rings. The molecule has 0 aromatic heterocycles. The second kappa shape index (κ2) is 5.72. The maximum absolute atomic E-state index is 6.14. The third kappa shape index (κ3) is 2.59. The molecule has 0 saturated carbocycles. The summed E-state index contributed by atoms with van der Waals surface area (Å²) in [4.78, 5) is 2.73. The zero-order valence-electron chi connectivity index (χ0n) is 12.4. The van der Waals surface area contributed by atoms with Gasteiger partial charge in [0.15, 0.2) is 0 Å². The molecule has 2 N–H and O–H groups in total. The Balaban J connectivity index is 2.00. The fourth-order valence-corrected chi connectivity index (χ4v) is 5.30. The minimum atomic E-state index is 0.317. The smallest absolute Gasteiger partial charge is 0.0432 e. The van der Waals surface area contributed by atoms with Gasteiger partial charge in [0.2, 0.25) is 0 Å². The van der Waals surface area contributed by atoms with Crippen LogP contribution >= 0.6 is 11.8 Å². The van der Waals surface area contributed by atoms with Crippen LogP contribution < -0.4 is 5.73 Å². The van der Waals surface area contributed by atoms with Gasteiger partial charge in [-0.2, -0.15) is 11.8 Å². The van der Waals surface area contributed by atoms with E-state index in [1.807, 2.05) is 0 Å². The Kier molecular flexibility index (Phi) is 4.66. The number of hydrogen-bond donors (Lipinski definition) is 1. The molecular formula is C15H30N2S. The van der Waals surface area contributed by atoms with E-state index >= 15 is 0 Å². The van der Waals surface area contributed by atoms with Crippen molar-refractivity contribution in [2.75, 3.05) is 25.4 Å². The van der Waals surface area contributed by atoms with Crippen LogP contribution in [0.5, 0.6) is 0 Å². The standard InChI is InChI=1S/C15H30N2S/c1-4-14(5-2)6-8-17(9-7-14)15(11-16)10-13(3)18-12-15/h13H,4-12,16H2,1-3H3. The lowest BCUT2D eigenvalue weighted by Gasteiger charge is -2.48. The molecule has 18 heavy (non-hydrogen) atoms. The summed E-state index contributed by atoms with van der Waals surface area (Å²) in [6.45, 7) is 10.5. The van der Waals surface area contributed by atoms with Crippen molar-refractivity contribution < 1.29 is 0 Å². The molecule has 2 fully saturated rings. The number of nitrogens with two attached hydrogens (primary N) is 1. The van der Waals surface area contributed by atoms with Gasteiger partial charge in [-0.25, -0.2) is 0 Å². The average molecular weight is 270 g/mol. The highest BCUT2D eigenvalue weighted by Crippen LogP contribution is 2.44. The van der Waals surface area contributed by atoms with Crippen LogP contribution in [0, 0.1) is 5.41 Å². The minimum Gasteiger partial charge on any atom is -0.329 e. The predicted molar refractivity (Wildman–Crippen MR) is 82.1 cm³/mol. The number of thioether (sulfide) groups is 1. The summed E-state index contributed by atoms with van der Waals surface area (Å²) < 4.78 is 0. The second-order valence-corrected chi connectivity index (χ2v) is 7.88. The van der Waals surface area contributed by atoms with Crippen LogP contribution in [0.4, 0.5) is 0 Å². The summed E-state index contributed by atoms with van der Waals surface area (Å²) in [6.07, 6.45) is 6.73. The molecule has 3 heteroatoms. The first-order valence-electron chi connectivity index (χ1n) is 7.66. The van der Waals surface area contributed by atoms with Crippen molar-refractivity contribution in [3.05, 3.63) is 0 Å². The summed E-state index contributed by atoms with van der Waals surface area (Å²) in [5.41, 5.74) is 7.09. The van der Waals surface area contributed by atoms with E-state index in [0.717, 1.165) is 11.8 Å². The number of rotatable bonds is 4. The monoisotopic (exact) mass is 270 g/mol. The normalized spacial score (nSPS) is 37.0. The molecule has 2 aliphatic heterocycles. The van der Waals surface area contributed by atoms with E-state index in [0.29, 0.717) is 11.0 Å². The Hall–Kier alpha value is 0.270. The highest BCUT2D eigenvalue weighted by molar-refractivity contribution is 8.00. The van der Waals surface area contributed by atoms with Crippen LogP contribution in [0.15, 0.2) is 0 Å².